The van der Waals surface area contributed by atoms with Gasteiger partial charge >= 0.3 is 0 Å². The number of hydrogen-bond donors (Lipinski definition) is 1. The molecule has 0 aromatic carbocycles. The van der Waals surface area contributed by atoms with Crippen molar-refractivity contribution in [2.24, 2.45) is 5.92 Å². The third-order valence-corrected chi connectivity index (χ3v) is 2.91. The molecule has 2 rings (SSSR count). The molecule has 3 nitrogen and oxygen atoms in total. The average Bonchev–Trinajstić information content (AvgIpc) is 2.43. The third kappa shape index (κ3) is 2.40. The fourth-order valence-corrected chi connectivity index (χ4v) is 2.30. The first-order valence-corrected chi connectivity index (χ1v) is 5.94. The molecule has 1 aliphatic rings. The Morgan fingerprint density at radius 2 is 2.40 bits per heavy atom. The first-order chi connectivity index (χ1) is 7.16. The Morgan fingerprint density at radius 3 is 3.13 bits per heavy atom. The Kier molecular flexibility index (Phi) is 3.10. The summed E-state index contributed by atoms with van der Waals surface area (Å²) >= 11 is 0. The van der Waals surface area contributed by atoms with Crippen LogP contribution in [0.4, 0.5) is 0 Å². The van der Waals surface area contributed by atoms with E-state index in [4.69, 9.17) is 0 Å². The van der Waals surface area contributed by atoms with Crippen molar-refractivity contribution in [3.8, 4) is 0 Å². The van der Waals surface area contributed by atoms with Gasteiger partial charge < -0.3 is 9.88 Å². The first kappa shape index (κ1) is 10.7. The van der Waals surface area contributed by atoms with Gasteiger partial charge in [0.1, 0.15) is 5.82 Å². The van der Waals surface area contributed by atoms with Crippen molar-refractivity contribution in [1.82, 2.24) is 14.9 Å². The molecule has 1 aliphatic heterocycles. The summed E-state index contributed by atoms with van der Waals surface area (Å²) in [7, 11) is 0. The molecule has 84 valence electrons. The fraction of sp³-hybridized carbons (Fsp3) is 0.750. The van der Waals surface area contributed by atoms with Crippen molar-refractivity contribution in [1.29, 1.82) is 0 Å². The van der Waals surface area contributed by atoms with E-state index >= 15 is 0 Å². The zero-order valence-corrected chi connectivity index (χ0v) is 9.95. The molecule has 0 radical (unpaired) electrons. The average molecular weight is 207 g/mol. The summed E-state index contributed by atoms with van der Waals surface area (Å²) in [5, 5.41) is 3.60. The van der Waals surface area contributed by atoms with Gasteiger partial charge in [-0.1, -0.05) is 13.8 Å². The number of aryl methyl sites for hydroxylation is 2. The highest BCUT2D eigenvalue weighted by atomic mass is 15.1. The zero-order valence-electron chi connectivity index (χ0n) is 9.95. The molecule has 0 saturated heterocycles. The van der Waals surface area contributed by atoms with E-state index in [1.807, 2.05) is 0 Å². The molecule has 0 aliphatic carbocycles. The molecule has 0 amide bonds. The van der Waals surface area contributed by atoms with Gasteiger partial charge in [-0.3, -0.25) is 0 Å². The van der Waals surface area contributed by atoms with Crippen LogP contribution in [0.3, 0.4) is 0 Å². The molecule has 1 N–H and O–H groups in total. The number of fused-ring (bicyclic) bond motifs is 1. The van der Waals surface area contributed by atoms with Crippen LogP contribution in [0.1, 0.15) is 44.2 Å². The minimum absolute atomic E-state index is 0.446. The normalized spacial score (nSPS) is 21.5. The third-order valence-electron chi connectivity index (χ3n) is 2.91. The number of nitrogens with one attached hydrogen (secondary N) is 1. The first-order valence-electron chi connectivity index (χ1n) is 5.94. The van der Waals surface area contributed by atoms with Crippen molar-refractivity contribution in [3.05, 3.63) is 17.7 Å². The second-order valence-electron chi connectivity index (χ2n) is 4.92. The lowest BCUT2D eigenvalue weighted by molar-refractivity contribution is 0.424. The molecule has 1 atom stereocenters. The van der Waals surface area contributed by atoms with E-state index in [1.54, 1.807) is 0 Å². The Balaban J connectivity index is 2.24. The van der Waals surface area contributed by atoms with Crippen LogP contribution in [-0.4, -0.2) is 16.1 Å². The molecule has 0 spiro atoms. The fourth-order valence-electron chi connectivity index (χ4n) is 2.30. The number of nitrogens with zero attached hydrogens (tertiary/aromatic N) is 2. The highest BCUT2D eigenvalue weighted by Gasteiger charge is 2.20. The van der Waals surface area contributed by atoms with E-state index in [-0.39, 0.29) is 0 Å². The van der Waals surface area contributed by atoms with Gasteiger partial charge in [0.2, 0.25) is 0 Å². The van der Waals surface area contributed by atoms with Crippen molar-refractivity contribution in [2.45, 2.75) is 46.2 Å². The van der Waals surface area contributed by atoms with Gasteiger partial charge in [0, 0.05) is 12.7 Å². The van der Waals surface area contributed by atoms with Crippen LogP contribution in [0.15, 0.2) is 6.20 Å². The van der Waals surface area contributed by atoms with Crippen molar-refractivity contribution >= 4 is 0 Å². The van der Waals surface area contributed by atoms with Gasteiger partial charge in [0.25, 0.3) is 0 Å². The lowest BCUT2D eigenvalue weighted by Crippen LogP contribution is -2.23. The Bertz CT molecular complexity index is 328. The van der Waals surface area contributed by atoms with Crippen LogP contribution in [0.25, 0.3) is 0 Å². The van der Waals surface area contributed by atoms with Crippen LogP contribution in [-0.2, 0) is 6.54 Å². The van der Waals surface area contributed by atoms with Crippen molar-refractivity contribution in [2.75, 3.05) is 6.54 Å². The van der Waals surface area contributed by atoms with Crippen LogP contribution in [0, 0.1) is 12.8 Å². The molecule has 0 unspecified atom stereocenters. The SMILES string of the molecule is Cc1cn2c(n1)[C@H](CC(C)C)NCCC2. The smallest absolute Gasteiger partial charge is 0.126 e. The lowest BCUT2D eigenvalue weighted by Gasteiger charge is -2.17. The van der Waals surface area contributed by atoms with Crippen LogP contribution < -0.4 is 5.32 Å². The monoisotopic (exact) mass is 207 g/mol. The van der Waals surface area contributed by atoms with Crippen LogP contribution >= 0.6 is 0 Å². The Morgan fingerprint density at radius 1 is 1.60 bits per heavy atom. The molecular weight excluding hydrogens is 186 g/mol. The zero-order chi connectivity index (χ0) is 10.8. The van der Waals surface area contributed by atoms with E-state index in [9.17, 15) is 0 Å². The number of hydrogen-bond acceptors (Lipinski definition) is 2. The predicted octanol–water partition coefficient (Wildman–Crippen LogP) is 2.27. The second kappa shape index (κ2) is 4.35. The highest BCUT2D eigenvalue weighted by molar-refractivity contribution is 5.07. The summed E-state index contributed by atoms with van der Waals surface area (Å²) < 4.78 is 2.32. The number of rotatable bonds is 2. The number of imidazole rings is 1. The van der Waals surface area contributed by atoms with E-state index in [0.29, 0.717) is 12.0 Å². The molecule has 0 fully saturated rings. The van der Waals surface area contributed by atoms with E-state index in [0.717, 1.165) is 18.8 Å². The molecule has 2 heterocycles. The molecule has 1 aromatic heterocycles. The minimum atomic E-state index is 0.446. The van der Waals surface area contributed by atoms with E-state index < -0.39 is 0 Å². The van der Waals surface area contributed by atoms with Crippen molar-refractivity contribution < 1.29 is 0 Å². The maximum absolute atomic E-state index is 4.65. The molecule has 1 aromatic rings. The second-order valence-corrected chi connectivity index (χ2v) is 4.92. The Hall–Kier alpha value is -0.830. The summed E-state index contributed by atoms with van der Waals surface area (Å²) in [6.07, 6.45) is 4.56. The predicted molar refractivity (Wildman–Crippen MR) is 61.8 cm³/mol. The van der Waals surface area contributed by atoms with Gasteiger partial charge in [-0.05, 0) is 32.2 Å². The van der Waals surface area contributed by atoms with Gasteiger partial charge in [0.05, 0.1) is 11.7 Å². The summed E-state index contributed by atoms with van der Waals surface area (Å²) in [6, 6.07) is 0.446. The lowest BCUT2D eigenvalue weighted by atomic mass is 10.0. The molecule has 3 heteroatoms. The minimum Gasteiger partial charge on any atom is -0.333 e. The van der Waals surface area contributed by atoms with Gasteiger partial charge in [-0.25, -0.2) is 4.98 Å². The summed E-state index contributed by atoms with van der Waals surface area (Å²) in [6.45, 7) is 8.84. The maximum Gasteiger partial charge on any atom is 0.126 e. The molecule has 0 bridgehead atoms. The Labute approximate surface area is 91.9 Å². The molecule has 0 saturated carbocycles. The summed E-state index contributed by atoms with van der Waals surface area (Å²) in [4.78, 5) is 4.65. The van der Waals surface area contributed by atoms with Crippen LogP contribution in [0.2, 0.25) is 0 Å². The van der Waals surface area contributed by atoms with Gasteiger partial charge in [0.15, 0.2) is 0 Å². The molecule has 15 heavy (non-hydrogen) atoms. The van der Waals surface area contributed by atoms with Crippen LogP contribution in [0.5, 0.6) is 0 Å². The van der Waals surface area contributed by atoms with Gasteiger partial charge in [-0.15, -0.1) is 0 Å². The molecular formula is C12H21N3. The quantitative estimate of drug-likeness (QED) is 0.806. The van der Waals surface area contributed by atoms with E-state index in [1.165, 1.54) is 18.7 Å². The summed E-state index contributed by atoms with van der Waals surface area (Å²) in [5.41, 5.74) is 1.14. The van der Waals surface area contributed by atoms with Crippen molar-refractivity contribution in [3.63, 3.8) is 0 Å². The standard InChI is InChI=1S/C12H21N3/c1-9(2)7-11-12-14-10(3)8-15(12)6-4-5-13-11/h8-9,11,13H,4-7H2,1-3H3/t11-/m0/s1. The topological polar surface area (TPSA) is 29.9 Å². The number of aromatic nitrogens is 2. The van der Waals surface area contributed by atoms with Gasteiger partial charge in [-0.2, -0.15) is 0 Å². The van der Waals surface area contributed by atoms with E-state index in [2.05, 4.69) is 41.8 Å². The largest absolute Gasteiger partial charge is 0.333 e. The highest BCUT2D eigenvalue weighted by Crippen LogP contribution is 2.23. The maximum atomic E-state index is 4.65. The summed E-state index contributed by atoms with van der Waals surface area (Å²) in [5.74, 6) is 1.95.